The molecule has 0 atom stereocenters. The Kier molecular flexibility index (Phi) is 4.37. The van der Waals surface area contributed by atoms with Crippen LogP contribution in [-0.4, -0.2) is 23.3 Å². The largest absolute Gasteiger partial charge is 0.283 e. The number of benzene rings is 2. The van der Waals surface area contributed by atoms with Crippen molar-refractivity contribution in [1.29, 1.82) is 0 Å². The first kappa shape index (κ1) is 15.2. The van der Waals surface area contributed by atoms with Gasteiger partial charge < -0.3 is 0 Å². The highest BCUT2D eigenvalue weighted by molar-refractivity contribution is 5.97. The van der Waals surface area contributed by atoms with E-state index >= 15 is 0 Å². The van der Waals surface area contributed by atoms with Gasteiger partial charge in [0.1, 0.15) is 11.7 Å². The summed E-state index contributed by atoms with van der Waals surface area (Å²) in [5.41, 5.74) is 5.67. The molecule has 2 aromatic rings. The molecule has 0 spiro atoms. The molecule has 0 bridgehead atoms. The van der Waals surface area contributed by atoms with E-state index in [0.29, 0.717) is 25.1 Å². The fourth-order valence-electron chi connectivity index (χ4n) is 2.53. The lowest BCUT2D eigenvalue weighted by atomic mass is 10.1. The molecule has 1 aliphatic rings. The van der Waals surface area contributed by atoms with Gasteiger partial charge in [0.15, 0.2) is 0 Å². The predicted octanol–water partition coefficient (Wildman–Crippen LogP) is 3.08. The second-order valence-corrected chi connectivity index (χ2v) is 5.58. The Morgan fingerprint density at radius 1 is 1.26 bits per heavy atom. The van der Waals surface area contributed by atoms with Gasteiger partial charge in [-0.15, -0.1) is 0 Å². The maximum atomic E-state index is 13.2. The Morgan fingerprint density at radius 3 is 2.87 bits per heavy atom. The molecule has 4 nitrogen and oxygen atoms in total. The second kappa shape index (κ2) is 6.60. The Hall–Kier alpha value is -2.69. The van der Waals surface area contributed by atoms with Crippen LogP contribution in [0.25, 0.3) is 0 Å². The van der Waals surface area contributed by atoms with Crippen LogP contribution < -0.4 is 5.43 Å². The van der Waals surface area contributed by atoms with Crippen LogP contribution in [0.15, 0.2) is 53.5 Å². The second-order valence-electron chi connectivity index (χ2n) is 5.58. The van der Waals surface area contributed by atoms with Gasteiger partial charge in [-0.25, -0.2) is 4.39 Å². The van der Waals surface area contributed by atoms with Crippen LogP contribution in [0.4, 0.5) is 4.39 Å². The number of carbonyl (C=O) groups excluding carboxylic acids is 1. The standard InChI is InChI=1S/C18H18FN3O/c1-13-4-2-5-14(10-13)12-20-17-8-9-22(21-17)18(23)15-6-3-7-16(19)11-15/h2-7,10-11H,8-9,12H2,1H3,(H,20,21). The van der Waals surface area contributed by atoms with Crippen molar-refractivity contribution in [2.45, 2.75) is 19.9 Å². The highest BCUT2D eigenvalue weighted by Crippen LogP contribution is 2.11. The summed E-state index contributed by atoms with van der Waals surface area (Å²) in [4.78, 5) is 16.8. The van der Waals surface area contributed by atoms with Crippen LogP contribution in [0.2, 0.25) is 0 Å². The third-order valence-electron chi connectivity index (χ3n) is 3.69. The Morgan fingerprint density at radius 2 is 2.09 bits per heavy atom. The number of nitrogens with one attached hydrogen (secondary N) is 1. The first-order chi connectivity index (χ1) is 11.1. The monoisotopic (exact) mass is 311 g/mol. The lowest BCUT2D eigenvalue weighted by Gasteiger charge is -2.15. The summed E-state index contributed by atoms with van der Waals surface area (Å²) in [5, 5.41) is 1.48. The molecule has 1 aliphatic heterocycles. The number of rotatable bonds is 3. The van der Waals surface area contributed by atoms with Crippen molar-refractivity contribution in [3.8, 4) is 0 Å². The molecule has 23 heavy (non-hydrogen) atoms. The minimum atomic E-state index is -0.414. The average molecular weight is 311 g/mol. The van der Waals surface area contributed by atoms with Crippen molar-refractivity contribution in [3.63, 3.8) is 0 Å². The van der Waals surface area contributed by atoms with Gasteiger partial charge in [0.2, 0.25) is 0 Å². The number of hydrogen-bond acceptors (Lipinski definition) is 2. The SMILES string of the molecule is Cc1cccc(CN=C2CCN(C(=O)c3cccc(F)c3)N2)c1. The zero-order valence-corrected chi connectivity index (χ0v) is 12.9. The Bertz CT molecular complexity index is 757. The highest BCUT2D eigenvalue weighted by Gasteiger charge is 2.23. The Labute approximate surface area is 134 Å². The van der Waals surface area contributed by atoms with Crippen molar-refractivity contribution in [2.75, 3.05) is 6.54 Å². The van der Waals surface area contributed by atoms with Gasteiger partial charge in [-0.3, -0.25) is 20.2 Å². The maximum Gasteiger partial charge on any atom is 0.272 e. The van der Waals surface area contributed by atoms with Crippen molar-refractivity contribution in [2.24, 2.45) is 4.99 Å². The number of carbonyl (C=O) groups is 1. The van der Waals surface area contributed by atoms with Gasteiger partial charge in [0.25, 0.3) is 5.91 Å². The first-order valence-corrected chi connectivity index (χ1v) is 7.55. The van der Waals surface area contributed by atoms with Gasteiger partial charge >= 0.3 is 0 Å². The fourth-order valence-corrected chi connectivity index (χ4v) is 2.53. The third kappa shape index (κ3) is 3.74. The normalized spacial score (nSPS) is 15.7. The van der Waals surface area contributed by atoms with Crippen LogP contribution in [-0.2, 0) is 6.54 Å². The van der Waals surface area contributed by atoms with E-state index in [1.165, 1.54) is 28.8 Å². The number of aliphatic imine (C=N–C) groups is 1. The minimum absolute atomic E-state index is 0.245. The molecule has 118 valence electrons. The van der Waals surface area contributed by atoms with E-state index in [1.807, 2.05) is 25.1 Å². The predicted molar refractivity (Wildman–Crippen MR) is 87.5 cm³/mol. The molecular formula is C18H18FN3O. The van der Waals surface area contributed by atoms with Crippen LogP contribution in [0.3, 0.4) is 0 Å². The van der Waals surface area contributed by atoms with Crippen LogP contribution in [0, 0.1) is 12.7 Å². The first-order valence-electron chi connectivity index (χ1n) is 7.55. The molecule has 1 fully saturated rings. The summed E-state index contributed by atoms with van der Waals surface area (Å²) < 4.78 is 13.2. The molecule has 0 aliphatic carbocycles. The number of hydrogen-bond donors (Lipinski definition) is 1. The number of amidine groups is 1. The quantitative estimate of drug-likeness (QED) is 0.947. The number of aryl methyl sites for hydroxylation is 1. The fraction of sp³-hybridized carbons (Fsp3) is 0.222. The van der Waals surface area contributed by atoms with E-state index in [4.69, 9.17) is 0 Å². The summed E-state index contributed by atoms with van der Waals surface area (Å²) in [6.07, 6.45) is 0.673. The maximum absolute atomic E-state index is 13.2. The summed E-state index contributed by atoms with van der Waals surface area (Å²) in [6, 6.07) is 13.9. The van der Waals surface area contributed by atoms with E-state index in [0.717, 1.165) is 11.4 Å². The van der Waals surface area contributed by atoms with E-state index < -0.39 is 5.82 Å². The van der Waals surface area contributed by atoms with Crippen molar-refractivity contribution in [1.82, 2.24) is 10.4 Å². The topological polar surface area (TPSA) is 44.7 Å². The number of hydrazine groups is 1. The lowest BCUT2D eigenvalue weighted by Crippen LogP contribution is -2.38. The van der Waals surface area contributed by atoms with Crippen molar-refractivity contribution >= 4 is 11.7 Å². The number of amides is 1. The van der Waals surface area contributed by atoms with Gasteiger partial charge in [0.05, 0.1) is 6.54 Å². The molecule has 3 rings (SSSR count). The molecule has 1 amide bonds. The molecule has 2 aromatic carbocycles. The van der Waals surface area contributed by atoms with Crippen molar-refractivity contribution < 1.29 is 9.18 Å². The Balaban J connectivity index is 1.64. The molecule has 1 heterocycles. The summed E-state index contributed by atoms with van der Waals surface area (Å²) in [6.45, 7) is 3.15. The molecular weight excluding hydrogens is 293 g/mol. The van der Waals surface area contributed by atoms with E-state index in [9.17, 15) is 9.18 Å². The average Bonchev–Trinajstić information content (AvgIpc) is 3.01. The third-order valence-corrected chi connectivity index (χ3v) is 3.69. The van der Waals surface area contributed by atoms with Gasteiger partial charge in [0, 0.05) is 18.5 Å². The van der Waals surface area contributed by atoms with Crippen LogP contribution in [0.5, 0.6) is 0 Å². The van der Waals surface area contributed by atoms with E-state index in [2.05, 4.69) is 16.5 Å². The molecule has 5 heteroatoms. The molecule has 0 saturated carbocycles. The van der Waals surface area contributed by atoms with Gasteiger partial charge in [-0.1, -0.05) is 35.9 Å². The summed E-state index contributed by atoms with van der Waals surface area (Å²) >= 11 is 0. The molecule has 1 N–H and O–H groups in total. The van der Waals surface area contributed by atoms with Gasteiger partial charge in [-0.2, -0.15) is 0 Å². The molecule has 0 unspecified atom stereocenters. The molecule has 1 saturated heterocycles. The van der Waals surface area contributed by atoms with Crippen LogP contribution >= 0.6 is 0 Å². The summed E-state index contributed by atoms with van der Waals surface area (Å²) in [7, 11) is 0. The van der Waals surface area contributed by atoms with Crippen LogP contribution in [0.1, 0.15) is 27.9 Å². The van der Waals surface area contributed by atoms with E-state index in [1.54, 1.807) is 6.07 Å². The zero-order chi connectivity index (χ0) is 16.2. The smallest absolute Gasteiger partial charge is 0.272 e. The zero-order valence-electron chi connectivity index (χ0n) is 12.9. The van der Waals surface area contributed by atoms with Crippen molar-refractivity contribution in [3.05, 3.63) is 71.0 Å². The van der Waals surface area contributed by atoms with E-state index in [-0.39, 0.29) is 5.91 Å². The molecule has 0 aromatic heterocycles. The van der Waals surface area contributed by atoms with Gasteiger partial charge in [-0.05, 0) is 30.7 Å². The lowest BCUT2D eigenvalue weighted by molar-refractivity contribution is 0.0741. The summed E-state index contributed by atoms with van der Waals surface area (Å²) in [5.74, 6) is 0.116. The molecule has 0 radical (unpaired) electrons. The number of nitrogens with zero attached hydrogens (tertiary/aromatic N) is 2. The number of halogens is 1. The minimum Gasteiger partial charge on any atom is -0.283 e. The highest BCUT2D eigenvalue weighted by atomic mass is 19.1.